The molecule has 0 saturated heterocycles. The van der Waals surface area contributed by atoms with Crippen LogP contribution in [0.2, 0.25) is 0 Å². The van der Waals surface area contributed by atoms with Gasteiger partial charge >= 0.3 is 0 Å². The van der Waals surface area contributed by atoms with Crippen LogP contribution in [0.25, 0.3) is 0 Å². The van der Waals surface area contributed by atoms with Crippen LogP contribution in [0, 0.1) is 19.8 Å². The Morgan fingerprint density at radius 2 is 2.17 bits per heavy atom. The molecule has 1 aliphatic carbocycles. The number of aromatic nitrogens is 2. The highest BCUT2D eigenvalue weighted by molar-refractivity contribution is 7.89. The van der Waals surface area contributed by atoms with Crippen LogP contribution in [-0.2, 0) is 10.0 Å². The van der Waals surface area contributed by atoms with Crippen LogP contribution < -0.4 is 4.72 Å². The first-order chi connectivity index (χ1) is 8.42. The van der Waals surface area contributed by atoms with E-state index in [9.17, 15) is 13.5 Å². The maximum atomic E-state index is 12.1. The molecule has 1 aliphatic rings. The third kappa shape index (κ3) is 2.57. The molecule has 2 unspecified atom stereocenters. The molecule has 1 heterocycles. The van der Waals surface area contributed by atoms with Crippen molar-refractivity contribution in [3.63, 3.8) is 0 Å². The van der Waals surface area contributed by atoms with E-state index in [1.54, 1.807) is 13.8 Å². The molecule has 0 radical (unpaired) electrons. The van der Waals surface area contributed by atoms with Crippen molar-refractivity contribution in [2.45, 2.75) is 44.1 Å². The van der Waals surface area contributed by atoms with Gasteiger partial charge in [-0.15, -0.1) is 0 Å². The number of H-pyrrole nitrogens is 1. The average Bonchev–Trinajstić information content (AvgIpc) is 2.83. The molecule has 18 heavy (non-hydrogen) atoms. The molecule has 1 saturated carbocycles. The molecule has 0 aliphatic heterocycles. The molecule has 1 fully saturated rings. The number of aliphatic hydroxyl groups excluding tert-OH is 1. The first-order valence-electron chi connectivity index (χ1n) is 6.11. The van der Waals surface area contributed by atoms with Crippen molar-refractivity contribution in [1.29, 1.82) is 0 Å². The van der Waals surface area contributed by atoms with Crippen molar-refractivity contribution in [2.75, 3.05) is 6.54 Å². The molecule has 2 atom stereocenters. The highest BCUT2D eigenvalue weighted by atomic mass is 32.2. The predicted molar refractivity (Wildman–Crippen MR) is 66.6 cm³/mol. The van der Waals surface area contributed by atoms with E-state index in [0.717, 1.165) is 19.3 Å². The number of aliphatic hydroxyl groups is 1. The summed E-state index contributed by atoms with van der Waals surface area (Å²) in [6.45, 7) is 3.62. The number of sulfonamides is 1. The summed E-state index contributed by atoms with van der Waals surface area (Å²) < 4.78 is 26.9. The van der Waals surface area contributed by atoms with Gasteiger partial charge in [-0.25, -0.2) is 13.1 Å². The number of rotatable bonds is 4. The van der Waals surface area contributed by atoms with Crippen LogP contribution >= 0.6 is 0 Å². The predicted octanol–water partition coefficient (Wildman–Crippen LogP) is 0.466. The summed E-state index contributed by atoms with van der Waals surface area (Å²) in [4.78, 5) is 0.218. The van der Waals surface area contributed by atoms with Gasteiger partial charge in [0.05, 0.1) is 17.5 Å². The Morgan fingerprint density at radius 3 is 2.67 bits per heavy atom. The van der Waals surface area contributed by atoms with E-state index in [-0.39, 0.29) is 23.5 Å². The van der Waals surface area contributed by atoms with E-state index in [4.69, 9.17) is 0 Å². The van der Waals surface area contributed by atoms with Gasteiger partial charge in [0.25, 0.3) is 0 Å². The molecule has 0 spiro atoms. The second-order valence-corrected chi connectivity index (χ2v) is 6.58. The Hall–Kier alpha value is -0.920. The van der Waals surface area contributed by atoms with Crippen LogP contribution in [0.3, 0.4) is 0 Å². The molecule has 1 aromatic rings. The minimum Gasteiger partial charge on any atom is -0.393 e. The third-order valence-corrected chi connectivity index (χ3v) is 5.17. The Kier molecular flexibility index (Phi) is 3.74. The van der Waals surface area contributed by atoms with Gasteiger partial charge in [0.2, 0.25) is 10.0 Å². The SMILES string of the molecule is Cc1n[nH]c(C)c1S(=O)(=O)NCC1CCCC1O. The Balaban J connectivity index is 2.08. The second kappa shape index (κ2) is 4.99. The molecule has 1 aromatic heterocycles. The molecule has 2 rings (SSSR count). The summed E-state index contributed by atoms with van der Waals surface area (Å²) in [6.07, 6.45) is 2.19. The lowest BCUT2D eigenvalue weighted by Crippen LogP contribution is -2.32. The van der Waals surface area contributed by atoms with Crippen molar-refractivity contribution >= 4 is 10.0 Å². The molecule has 0 aromatic carbocycles. The van der Waals surface area contributed by atoms with Crippen molar-refractivity contribution in [2.24, 2.45) is 5.92 Å². The molecule has 102 valence electrons. The Bertz CT molecular complexity index is 504. The summed E-state index contributed by atoms with van der Waals surface area (Å²) >= 11 is 0. The molecule has 6 nitrogen and oxygen atoms in total. The van der Waals surface area contributed by atoms with Crippen molar-refractivity contribution in [1.82, 2.24) is 14.9 Å². The van der Waals surface area contributed by atoms with Crippen LogP contribution in [0.15, 0.2) is 4.90 Å². The largest absolute Gasteiger partial charge is 0.393 e. The second-order valence-electron chi connectivity index (χ2n) is 4.87. The number of hydrogen-bond donors (Lipinski definition) is 3. The van der Waals surface area contributed by atoms with Crippen LogP contribution in [0.5, 0.6) is 0 Å². The normalized spacial score (nSPS) is 24.6. The first-order valence-corrected chi connectivity index (χ1v) is 7.59. The van der Waals surface area contributed by atoms with Crippen molar-refractivity contribution in [3.05, 3.63) is 11.4 Å². The highest BCUT2D eigenvalue weighted by Gasteiger charge is 2.28. The van der Waals surface area contributed by atoms with E-state index < -0.39 is 10.0 Å². The zero-order valence-electron chi connectivity index (χ0n) is 10.6. The summed E-state index contributed by atoms with van der Waals surface area (Å²) in [5.41, 5.74) is 0.999. The van der Waals surface area contributed by atoms with Gasteiger partial charge in [0.15, 0.2) is 0 Å². The van der Waals surface area contributed by atoms with Gasteiger partial charge < -0.3 is 5.11 Å². The van der Waals surface area contributed by atoms with E-state index in [2.05, 4.69) is 14.9 Å². The fraction of sp³-hybridized carbons (Fsp3) is 0.727. The zero-order chi connectivity index (χ0) is 13.3. The maximum absolute atomic E-state index is 12.1. The maximum Gasteiger partial charge on any atom is 0.244 e. The van der Waals surface area contributed by atoms with E-state index in [1.807, 2.05) is 0 Å². The monoisotopic (exact) mass is 273 g/mol. The lowest BCUT2D eigenvalue weighted by Gasteiger charge is -2.15. The standard InChI is InChI=1S/C11H19N3O3S/c1-7-11(8(2)14-13-7)18(16,17)12-6-9-4-3-5-10(9)15/h9-10,12,15H,3-6H2,1-2H3,(H,13,14). The quantitative estimate of drug-likeness (QED) is 0.743. The smallest absolute Gasteiger partial charge is 0.244 e. The zero-order valence-corrected chi connectivity index (χ0v) is 11.4. The average molecular weight is 273 g/mol. The lowest BCUT2D eigenvalue weighted by molar-refractivity contribution is 0.134. The summed E-state index contributed by atoms with van der Waals surface area (Å²) in [6, 6.07) is 0. The Morgan fingerprint density at radius 1 is 1.44 bits per heavy atom. The number of aromatic amines is 1. The molecule has 7 heteroatoms. The molecule has 0 amide bonds. The van der Waals surface area contributed by atoms with E-state index in [1.165, 1.54) is 0 Å². The van der Waals surface area contributed by atoms with E-state index in [0.29, 0.717) is 11.4 Å². The lowest BCUT2D eigenvalue weighted by atomic mass is 10.1. The van der Waals surface area contributed by atoms with Crippen molar-refractivity contribution in [3.8, 4) is 0 Å². The fourth-order valence-electron chi connectivity index (χ4n) is 2.48. The van der Waals surface area contributed by atoms with Gasteiger partial charge in [-0.3, -0.25) is 5.10 Å². The minimum absolute atomic E-state index is 0.0206. The molecular formula is C11H19N3O3S. The molecular weight excluding hydrogens is 254 g/mol. The summed E-state index contributed by atoms with van der Waals surface area (Å²) in [5, 5.41) is 16.2. The van der Waals surface area contributed by atoms with Gasteiger partial charge in [-0.2, -0.15) is 5.10 Å². The molecule has 0 bridgehead atoms. The number of aryl methyl sites for hydroxylation is 2. The van der Waals surface area contributed by atoms with Gasteiger partial charge in [0, 0.05) is 6.54 Å². The summed E-state index contributed by atoms with van der Waals surface area (Å²) in [7, 11) is -3.54. The summed E-state index contributed by atoms with van der Waals surface area (Å²) in [5.74, 6) is 0.0206. The minimum atomic E-state index is -3.54. The van der Waals surface area contributed by atoms with Gasteiger partial charge in [-0.1, -0.05) is 6.42 Å². The number of nitrogens with one attached hydrogen (secondary N) is 2. The molecule has 3 N–H and O–H groups in total. The van der Waals surface area contributed by atoms with Crippen LogP contribution in [0.1, 0.15) is 30.7 Å². The third-order valence-electron chi connectivity index (χ3n) is 3.48. The van der Waals surface area contributed by atoms with E-state index >= 15 is 0 Å². The van der Waals surface area contributed by atoms with Crippen LogP contribution in [0.4, 0.5) is 0 Å². The number of hydrogen-bond acceptors (Lipinski definition) is 4. The first kappa shape index (κ1) is 13.5. The van der Waals surface area contributed by atoms with Gasteiger partial charge in [0.1, 0.15) is 4.90 Å². The van der Waals surface area contributed by atoms with Crippen molar-refractivity contribution < 1.29 is 13.5 Å². The fourth-order valence-corrected chi connectivity index (χ4v) is 3.94. The van der Waals surface area contributed by atoms with Gasteiger partial charge in [-0.05, 0) is 32.6 Å². The topological polar surface area (TPSA) is 95.1 Å². The van der Waals surface area contributed by atoms with Crippen LogP contribution in [-0.4, -0.2) is 36.4 Å². The highest BCUT2D eigenvalue weighted by Crippen LogP contribution is 2.25. The number of nitrogens with zero attached hydrogens (tertiary/aromatic N) is 1. The Labute approximate surface area is 107 Å².